The summed E-state index contributed by atoms with van der Waals surface area (Å²) in [5.41, 5.74) is 1.02. The SMILES string of the molecule is CC(C(=O)O)N1CC(c2ccccc2)N(C)C1=O. The van der Waals surface area contributed by atoms with Crippen LogP contribution < -0.4 is 0 Å². The second kappa shape index (κ2) is 4.68. The van der Waals surface area contributed by atoms with Crippen molar-refractivity contribution < 1.29 is 14.7 Å². The first kappa shape index (κ1) is 12.4. The zero-order valence-electron chi connectivity index (χ0n) is 10.4. The summed E-state index contributed by atoms with van der Waals surface area (Å²) in [4.78, 5) is 26.0. The fraction of sp³-hybridized carbons (Fsp3) is 0.385. The smallest absolute Gasteiger partial charge is 0.326 e. The number of benzene rings is 1. The molecule has 5 nitrogen and oxygen atoms in total. The van der Waals surface area contributed by atoms with Gasteiger partial charge in [-0.05, 0) is 12.5 Å². The number of carbonyl (C=O) groups is 2. The van der Waals surface area contributed by atoms with E-state index in [1.165, 1.54) is 11.8 Å². The summed E-state index contributed by atoms with van der Waals surface area (Å²) >= 11 is 0. The van der Waals surface area contributed by atoms with Gasteiger partial charge in [0.2, 0.25) is 0 Å². The Morgan fingerprint density at radius 3 is 2.56 bits per heavy atom. The van der Waals surface area contributed by atoms with Crippen LogP contribution in [-0.4, -0.2) is 46.5 Å². The number of amides is 2. The molecule has 0 bridgehead atoms. The van der Waals surface area contributed by atoms with Crippen molar-refractivity contribution in [3.8, 4) is 0 Å². The van der Waals surface area contributed by atoms with Crippen LogP contribution in [0.4, 0.5) is 4.79 Å². The van der Waals surface area contributed by atoms with Crippen molar-refractivity contribution in [2.45, 2.75) is 19.0 Å². The first-order valence-electron chi connectivity index (χ1n) is 5.83. The molecule has 2 amide bonds. The van der Waals surface area contributed by atoms with E-state index in [-0.39, 0.29) is 12.1 Å². The average Bonchev–Trinajstić information content (AvgIpc) is 2.67. The van der Waals surface area contributed by atoms with Crippen molar-refractivity contribution >= 4 is 12.0 Å². The maximum Gasteiger partial charge on any atom is 0.326 e. The summed E-state index contributed by atoms with van der Waals surface area (Å²) in [6.07, 6.45) is 0. The third kappa shape index (κ3) is 2.03. The molecule has 1 N–H and O–H groups in total. The molecule has 1 heterocycles. The van der Waals surface area contributed by atoms with Gasteiger partial charge < -0.3 is 14.9 Å². The van der Waals surface area contributed by atoms with Gasteiger partial charge in [0.15, 0.2) is 0 Å². The van der Waals surface area contributed by atoms with Gasteiger partial charge in [0.25, 0.3) is 0 Å². The third-order valence-corrected chi connectivity index (χ3v) is 3.39. The highest BCUT2D eigenvalue weighted by atomic mass is 16.4. The topological polar surface area (TPSA) is 60.9 Å². The van der Waals surface area contributed by atoms with E-state index in [1.807, 2.05) is 30.3 Å². The van der Waals surface area contributed by atoms with Crippen LogP contribution in [0.15, 0.2) is 30.3 Å². The van der Waals surface area contributed by atoms with Crippen LogP contribution in [0.5, 0.6) is 0 Å². The molecule has 18 heavy (non-hydrogen) atoms. The molecule has 2 atom stereocenters. The Labute approximate surface area is 106 Å². The molecule has 2 unspecified atom stereocenters. The maximum absolute atomic E-state index is 12.0. The maximum atomic E-state index is 12.0. The largest absolute Gasteiger partial charge is 0.480 e. The van der Waals surface area contributed by atoms with E-state index in [1.54, 1.807) is 11.9 Å². The number of hydrogen-bond acceptors (Lipinski definition) is 2. The molecular formula is C13H16N2O3. The molecule has 1 aliphatic heterocycles. The predicted octanol–water partition coefficient (Wildman–Crippen LogP) is 1.57. The molecule has 1 aromatic carbocycles. The second-order valence-corrected chi connectivity index (χ2v) is 4.49. The molecule has 1 aromatic rings. The standard InChI is InChI=1S/C13H16N2O3/c1-9(12(16)17)15-8-11(14(2)13(15)18)10-6-4-3-5-7-10/h3-7,9,11H,8H2,1-2H3,(H,16,17). The Morgan fingerprint density at radius 1 is 1.39 bits per heavy atom. The summed E-state index contributed by atoms with van der Waals surface area (Å²) in [7, 11) is 1.70. The minimum Gasteiger partial charge on any atom is -0.480 e. The molecule has 0 radical (unpaired) electrons. The number of nitrogens with zero attached hydrogens (tertiary/aromatic N) is 2. The number of carboxylic acid groups (broad SMARTS) is 1. The first-order valence-corrected chi connectivity index (χ1v) is 5.83. The van der Waals surface area contributed by atoms with E-state index in [9.17, 15) is 9.59 Å². The van der Waals surface area contributed by atoms with Crippen molar-refractivity contribution in [1.82, 2.24) is 9.80 Å². The molecule has 96 valence electrons. The normalized spacial score (nSPS) is 21.2. The van der Waals surface area contributed by atoms with Gasteiger partial charge >= 0.3 is 12.0 Å². The highest BCUT2D eigenvalue weighted by Gasteiger charge is 2.39. The number of likely N-dealkylation sites (N-methyl/N-ethyl adjacent to an activating group) is 1. The third-order valence-electron chi connectivity index (χ3n) is 3.39. The van der Waals surface area contributed by atoms with Crippen LogP contribution in [0.3, 0.4) is 0 Å². The number of urea groups is 1. The Kier molecular flexibility index (Phi) is 3.23. The van der Waals surface area contributed by atoms with Crippen LogP contribution in [0, 0.1) is 0 Å². The van der Waals surface area contributed by atoms with E-state index in [4.69, 9.17) is 5.11 Å². The van der Waals surface area contributed by atoms with Gasteiger partial charge in [0, 0.05) is 13.6 Å². The van der Waals surface area contributed by atoms with Crippen LogP contribution in [0.1, 0.15) is 18.5 Å². The first-order chi connectivity index (χ1) is 8.52. The molecule has 5 heteroatoms. The van der Waals surface area contributed by atoms with E-state index in [2.05, 4.69) is 0 Å². The van der Waals surface area contributed by atoms with Crippen LogP contribution in [0.25, 0.3) is 0 Å². The van der Waals surface area contributed by atoms with E-state index in [0.29, 0.717) is 6.54 Å². The van der Waals surface area contributed by atoms with Gasteiger partial charge in [-0.1, -0.05) is 30.3 Å². The monoisotopic (exact) mass is 248 g/mol. The summed E-state index contributed by atoms with van der Waals surface area (Å²) < 4.78 is 0. The Morgan fingerprint density at radius 2 is 2.00 bits per heavy atom. The molecule has 1 fully saturated rings. The number of hydrogen-bond donors (Lipinski definition) is 1. The Balaban J connectivity index is 2.22. The van der Waals surface area contributed by atoms with Crippen molar-refractivity contribution in [1.29, 1.82) is 0 Å². The van der Waals surface area contributed by atoms with Gasteiger partial charge in [-0.15, -0.1) is 0 Å². The zero-order valence-corrected chi connectivity index (χ0v) is 10.4. The van der Waals surface area contributed by atoms with Crippen LogP contribution in [0.2, 0.25) is 0 Å². The number of aliphatic carboxylic acids is 1. The second-order valence-electron chi connectivity index (χ2n) is 4.49. The molecule has 0 aliphatic carbocycles. The lowest BCUT2D eigenvalue weighted by molar-refractivity contribution is -0.141. The lowest BCUT2D eigenvalue weighted by Crippen LogP contribution is -2.41. The Hall–Kier alpha value is -2.04. The van der Waals surface area contributed by atoms with Crippen molar-refractivity contribution in [3.05, 3.63) is 35.9 Å². The summed E-state index contributed by atoms with van der Waals surface area (Å²) in [5, 5.41) is 8.99. The molecule has 0 saturated carbocycles. The fourth-order valence-electron chi connectivity index (χ4n) is 2.18. The van der Waals surface area contributed by atoms with Crippen molar-refractivity contribution in [2.75, 3.05) is 13.6 Å². The number of carbonyl (C=O) groups excluding carboxylic acids is 1. The quantitative estimate of drug-likeness (QED) is 0.883. The summed E-state index contributed by atoms with van der Waals surface area (Å²) in [5.74, 6) is -0.981. The van der Waals surface area contributed by atoms with Crippen molar-refractivity contribution in [2.24, 2.45) is 0 Å². The molecule has 2 rings (SSSR count). The van der Waals surface area contributed by atoms with E-state index < -0.39 is 12.0 Å². The lowest BCUT2D eigenvalue weighted by atomic mass is 10.1. The highest BCUT2D eigenvalue weighted by molar-refractivity contribution is 5.84. The molecule has 1 aliphatic rings. The molecular weight excluding hydrogens is 232 g/mol. The highest BCUT2D eigenvalue weighted by Crippen LogP contribution is 2.29. The summed E-state index contributed by atoms with van der Waals surface area (Å²) in [6.45, 7) is 1.94. The fourth-order valence-corrected chi connectivity index (χ4v) is 2.18. The van der Waals surface area contributed by atoms with Gasteiger partial charge in [-0.3, -0.25) is 0 Å². The lowest BCUT2D eigenvalue weighted by Gasteiger charge is -2.19. The van der Waals surface area contributed by atoms with Crippen molar-refractivity contribution in [3.63, 3.8) is 0 Å². The van der Waals surface area contributed by atoms with Gasteiger partial charge in [0.05, 0.1) is 6.04 Å². The van der Waals surface area contributed by atoms with E-state index >= 15 is 0 Å². The minimum absolute atomic E-state index is 0.0829. The molecule has 1 saturated heterocycles. The van der Waals surface area contributed by atoms with Gasteiger partial charge in [0.1, 0.15) is 6.04 Å². The number of rotatable bonds is 3. The summed E-state index contributed by atoms with van der Waals surface area (Å²) in [6, 6.07) is 8.52. The van der Waals surface area contributed by atoms with Crippen LogP contribution >= 0.6 is 0 Å². The minimum atomic E-state index is -0.981. The zero-order chi connectivity index (χ0) is 13.3. The molecule has 0 aromatic heterocycles. The molecule has 0 spiro atoms. The number of carboxylic acids is 1. The van der Waals surface area contributed by atoms with Gasteiger partial charge in [-0.2, -0.15) is 0 Å². The predicted molar refractivity (Wildman–Crippen MR) is 66.1 cm³/mol. The van der Waals surface area contributed by atoms with E-state index in [0.717, 1.165) is 5.56 Å². The van der Waals surface area contributed by atoms with Gasteiger partial charge in [-0.25, -0.2) is 9.59 Å². The average molecular weight is 248 g/mol. The Bertz CT molecular complexity index is 461. The van der Waals surface area contributed by atoms with Crippen LogP contribution in [-0.2, 0) is 4.79 Å².